The molecule has 0 radical (unpaired) electrons. The van der Waals surface area contributed by atoms with Crippen molar-refractivity contribution in [3.8, 4) is 51.2 Å². The number of ether oxygens (including phenoxy) is 3. The van der Waals surface area contributed by atoms with E-state index in [4.69, 9.17) is 40.8 Å². The lowest BCUT2D eigenvalue weighted by molar-refractivity contribution is -0.121. The highest BCUT2D eigenvalue weighted by atomic mass is 35.5. The molecule has 2 amide bonds. The molecule has 13 heteroatoms. The fourth-order valence-corrected chi connectivity index (χ4v) is 9.14. The summed E-state index contributed by atoms with van der Waals surface area (Å²) in [6, 6.07) is 14.1. The van der Waals surface area contributed by atoms with Crippen LogP contribution >= 0.6 is 11.6 Å². The van der Waals surface area contributed by atoms with Gasteiger partial charge in [-0.15, -0.1) is 0 Å². The van der Waals surface area contributed by atoms with E-state index in [1.165, 1.54) is 0 Å². The highest BCUT2D eigenvalue weighted by Crippen LogP contribution is 2.48. The largest absolute Gasteiger partial charge is 0.491 e. The SMILES string of the molecule is COc1nc(-c2cccc(-c3cccc(-c4cc5c(c(OC)n4)C(N4CC6(CCC(=O)N6)C4)CO5)c3C)c2Cl)cnc1CN1CC2(CCC(=O)N2)C1. The lowest BCUT2D eigenvalue weighted by atomic mass is 9.86. The normalized spacial score (nSPS) is 21.3. The van der Waals surface area contributed by atoms with Crippen molar-refractivity contribution >= 4 is 23.4 Å². The number of hydrogen-bond donors (Lipinski definition) is 2. The van der Waals surface area contributed by atoms with E-state index in [-0.39, 0.29) is 28.9 Å². The van der Waals surface area contributed by atoms with Crippen LogP contribution in [0, 0.1) is 6.92 Å². The van der Waals surface area contributed by atoms with Gasteiger partial charge in [0.05, 0.1) is 59.5 Å². The molecular formula is C39H40ClN7O5. The van der Waals surface area contributed by atoms with Crippen LogP contribution in [0.1, 0.15) is 48.5 Å². The number of rotatable bonds is 8. The summed E-state index contributed by atoms with van der Waals surface area (Å²) in [7, 11) is 3.25. The predicted octanol–water partition coefficient (Wildman–Crippen LogP) is 4.71. The molecule has 1 atom stereocenters. The summed E-state index contributed by atoms with van der Waals surface area (Å²) in [6.45, 7) is 6.33. The van der Waals surface area contributed by atoms with Crippen molar-refractivity contribution in [3.05, 3.63) is 70.5 Å². The number of methoxy groups -OCH3 is 2. The molecule has 1 unspecified atom stereocenters. The zero-order chi connectivity index (χ0) is 35.8. The molecular weight excluding hydrogens is 682 g/mol. The van der Waals surface area contributed by atoms with Crippen molar-refractivity contribution in [2.24, 2.45) is 0 Å². The molecule has 0 aliphatic carbocycles. The number of likely N-dealkylation sites (tertiary alicyclic amines) is 2. The number of benzene rings is 2. The number of carbonyl (C=O) groups excluding carboxylic acids is 2. The summed E-state index contributed by atoms with van der Waals surface area (Å²) in [5.74, 6) is 2.03. The van der Waals surface area contributed by atoms with Gasteiger partial charge in [0.2, 0.25) is 23.6 Å². The Balaban J connectivity index is 0.973. The van der Waals surface area contributed by atoms with Crippen molar-refractivity contribution in [1.82, 2.24) is 35.4 Å². The highest BCUT2D eigenvalue weighted by Gasteiger charge is 2.52. The van der Waals surface area contributed by atoms with E-state index in [0.29, 0.717) is 48.5 Å². The standard InChI is InChI=1S/C39H40ClN7O5/c1-22-23(6-4-7-24(22)27-14-31-34(37(42-27)51-3)30(17-52-31)47-20-39(21-47)13-11-33(49)45-39)25-8-5-9-26(35(25)40)28-15-41-29(36(43-28)50-2)16-46-18-38(19-46)12-10-32(48)44-38/h4-9,14-15,30H,10-13,16-21H2,1-3H3,(H,44,48)(H,45,49). The van der Waals surface area contributed by atoms with E-state index in [2.05, 4.69) is 39.5 Å². The first-order valence-corrected chi connectivity index (χ1v) is 18.1. The fourth-order valence-electron chi connectivity index (χ4n) is 8.82. The summed E-state index contributed by atoms with van der Waals surface area (Å²) in [6.07, 6.45) is 4.67. The lowest BCUT2D eigenvalue weighted by Gasteiger charge is -2.50. The average molecular weight is 722 g/mol. The van der Waals surface area contributed by atoms with Crippen molar-refractivity contribution in [1.29, 1.82) is 0 Å². The third kappa shape index (κ3) is 5.46. The number of nitrogens with zero attached hydrogens (tertiary/aromatic N) is 5. The van der Waals surface area contributed by atoms with E-state index in [1.54, 1.807) is 20.4 Å². The maximum absolute atomic E-state index is 11.9. The summed E-state index contributed by atoms with van der Waals surface area (Å²) >= 11 is 7.19. The van der Waals surface area contributed by atoms with Gasteiger partial charge in [-0.2, -0.15) is 0 Å². The van der Waals surface area contributed by atoms with Crippen molar-refractivity contribution in [2.75, 3.05) is 47.0 Å². The Labute approximate surface area is 306 Å². The number of amides is 2. The fraction of sp³-hybridized carbons (Fsp3) is 0.410. The van der Waals surface area contributed by atoms with Gasteiger partial charge in [0, 0.05) is 68.3 Å². The highest BCUT2D eigenvalue weighted by molar-refractivity contribution is 6.36. The Morgan fingerprint density at radius 3 is 2.17 bits per heavy atom. The molecule has 12 nitrogen and oxygen atoms in total. The quantitative estimate of drug-likeness (QED) is 0.264. The molecule has 2 aromatic heterocycles. The molecule has 2 spiro atoms. The second kappa shape index (κ2) is 12.4. The van der Waals surface area contributed by atoms with Crippen molar-refractivity contribution in [3.63, 3.8) is 0 Å². The molecule has 4 aromatic rings. The third-order valence-corrected chi connectivity index (χ3v) is 11.8. The third-order valence-electron chi connectivity index (χ3n) is 11.4. The molecule has 0 bridgehead atoms. The number of hydrogen-bond acceptors (Lipinski definition) is 10. The first kappa shape index (κ1) is 33.1. The zero-order valence-corrected chi connectivity index (χ0v) is 30.2. The van der Waals surface area contributed by atoms with Gasteiger partial charge < -0.3 is 24.8 Å². The Morgan fingerprint density at radius 1 is 0.865 bits per heavy atom. The molecule has 2 aromatic carbocycles. The molecule has 268 valence electrons. The van der Waals surface area contributed by atoms with Crippen LogP contribution in [0.5, 0.6) is 17.5 Å². The van der Waals surface area contributed by atoms with Gasteiger partial charge in [-0.25, -0.2) is 9.97 Å². The maximum Gasteiger partial charge on any atom is 0.237 e. The van der Waals surface area contributed by atoms with Crippen LogP contribution in [0.2, 0.25) is 5.02 Å². The number of nitrogens with one attached hydrogen (secondary N) is 2. The molecule has 4 saturated heterocycles. The Hall–Kier alpha value is -4.78. The molecule has 2 N–H and O–H groups in total. The number of halogens is 1. The maximum atomic E-state index is 11.9. The summed E-state index contributed by atoms with van der Waals surface area (Å²) < 4.78 is 17.8. The topological polar surface area (TPSA) is 131 Å². The second-order valence-electron chi connectivity index (χ2n) is 14.8. The molecule has 52 heavy (non-hydrogen) atoms. The minimum Gasteiger partial charge on any atom is -0.491 e. The van der Waals surface area contributed by atoms with E-state index in [0.717, 1.165) is 89.5 Å². The van der Waals surface area contributed by atoms with E-state index in [9.17, 15) is 9.59 Å². The number of fused-ring (bicyclic) bond motifs is 1. The summed E-state index contributed by atoms with van der Waals surface area (Å²) in [5.41, 5.74) is 7.38. The van der Waals surface area contributed by atoms with Gasteiger partial charge in [0.15, 0.2) is 0 Å². The first-order valence-electron chi connectivity index (χ1n) is 17.8. The minimum atomic E-state index is -0.117. The molecule has 0 saturated carbocycles. The molecule has 4 fully saturated rings. The van der Waals surface area contributed by atoms with Gasteiger partial charge in [-0.3, -0.25) is 24.4 Å². The van der Waals surface area contributed by atoms with Crippen LogP contribution in [0.25, 0.3) is 33.6 Å². The predicted molar refractivity (Wildman–Crippen MR) is 194 cm³/mol. The van der Waals surface area contributed by atoms with Gasteiger partial charge >= 0.3 is 0 Å². The van der Waals surface area contributed by atoms with E-state index >= 15 is 0 Å². The Kier molecular flexibility index (Phi) is 7.90. The van der Waals surface area contributed by atoms with Crippen LogP contribution in [-0.2, 0) is 16.1 Å². The van der Waals surface area contributed by atoms with Crippen molar-refractivity contribution < 1.29 is 23.8 Å². The molecule has 9 rings (SSSR count). The van der Waals surface area contributed by atoms with Gasteiger partial charge in [0.1, 0.15) is 18.1 Å². The molecule has 5 aliphatic rings. The van der Waals surface area contributed by atoms with Crippen LogP contribution < -0.4 is 24.8 Å². The monoisotopic (exact) mass is 721 g/mol. The van der Waals surface area contributed by atoms with Crippen LogP contribution in [-0.4, -0.2) is 94.6 Å². The van der Waals surface area contributed by atoms with E-state index < -0.39 is 0 Å². The molecule has 5 aliphatic heterocycles. The zero-order valence-electron chi connectivity index (χ0n) is 29.4. The smallest absolute Gasteiger partial charge is 0.237 e. The summed E-state index contributed by atoms with van der Waals surface area (Å²) in [5, 5.41) is 6.86. The Bertz CT molecular complexity index is 2130. The molecule has 7 heterocycles. The number of carbonyl (C=O) groups is 2. The van der Waals surface area contributed by atoms with Crippen LogP contribution in [0.4, 0.5) is 0 Å². The van der Waals surface area contributed by atoms with E-state index in [1.807, 2.05) is 30.3 Å². The number of pyridine rings is 1. The minimum absolute atomic E-state index is 0.0170. The van der Waals surface area contributed by atoms with Crippen LogP contribution in [0.3, 0.4) is 0 Å². The van der Waals surface area contributed by atoms with Crippen molar-refractivity contribution in [2.45, 2.75) is 56.3 Å². The second-order valence-corrected chi connectivity index (χ2v) is 15.2. The first-order chi connectivity index (χ1) is 25.2. The van der Waals surface area contributed by atoms with Gasteiger partial charge in [-0.05, 0) is 30.9 Å². The summed E-state index contributed by atoms with van der Waals surface area (Å²) in [4.78, 5) is 42.8. The lowest BCUT2D eigenvalue weighted by Crippen LogP contribution is -2.67. The van der Waals surface area contributed by atoms with Gasteiger partial charge in [-0.1, -0.05) is 48.0 Å². The van der Waals surface area contributed by atoms with Crippen LogP contribution in [0.15, 0.2) is 48.7 Å². The van der Waals surface area contributed by atoms with Gasteiger partial charge in [0.25, 0.3) is 0 Å². The average Bonchev–Trinajstić information content (AvgIpc) is 3.84. The Morgan fingerprint density at radius 2 is 1.50 bits per heavy atom. The number of aromatic nitrogens is 3.